The van der Waals surface area contributed by atoms with E-state index in [9.17, 15) is 9.59 Å². The molecule has 116 valence electrons. The van der Waals surface area contributed by atoms with Gasteiger partial charge in [-0.25, -0.2) is 10.3 Å². The van der Waals surface area contributed by atoms with E-state index in [-0.39, 0.29) is 0 Å². The largest absolute Gasteiger partial charge is 0.444 e. The lowest BCUT2D eigenvalue weighted by atomic mass is 10.1. The molecule has 1 unspecified atom stereocenters. The van der Waals surface area contributed by atoms with Crippen LogP contribution in [0.1, 0.15) is 26.3 Å². The Balaban J connectivity index is 2.73. The van der Waals surface area contributed by atoms with Crippen molar-refractivity contribution in [3.05, 3.63) is 35.9 Å². The van der Waals surface area contributed by atoms with E-state index >= 15 is 0 Å². The van der Waals surface area contributed by atoms with Crippen molar-refractivity contribution >= 4 is 12.0 Å². The Morgan fingerprint density at radius 1 is 1.19 bits per heavy atom. The Hall–Kier alpha value is -2.08. The molecule has 0 heterocycles. The van der Waals surface area contributed by atoms with Gasteiger partial charge in [-0.15, -0.1) is 0 Å². The van der Waals surface area contributed by atoms with Crippen molar-refractivity contribution in [1.29, 1.82) is 0 Å². The topological polar surface area (TPSA) is 76.7 Å². The molecule has 0 spiro atoms. The van der Waals surface area contributed by atoms with Gasteiger partial charge >= 0.3 is 6.09 Å². The Morgan fingerprint density at radius 3 is 2.33 bits per heavy atom. The third kappa shape index (κ3) is 6.76. The molecule has 6 heteroatoms. The van der Waals surface area contributed by atoms with Crippen molar-refractivity contribution in [2.75, 3.05) is 7.11 Å². The number of carbonyl (C=O) groups is 2. The third-order valence-corrected chi connectivity index (χ3v) is 2.49. The lowest BCUT2D eigenvalue weighted by molar-refractivity contribution is -0.133. The van der Waals surface area contributed by atoms with Crippen molar-refractivity contribution < 1.29 is 19.2 Å². The van der Waals surface area contributed by atoms with Gasteiger partial charge in [0.25, 0.3) is 5.91 Å². The van der Waals surface area contributed by atoms with Gasteiger partial charge < -0.3 is 10.1 Å². The van der Waals surface area contributed by atoms with E-state index in [1.807, 2.05) is 30.3 Å². The fourth-order valence-electron chi connectivity index (χ4n) is 1.68. The molecule has 6 nitrogen and oxygen atoms in total. The molecule has 1 atom stereocenters. The van der Waals surface area contributed by atoms with Gasteiger partial charge in [-0.3, -0.25) is 9.63 Å². The molecular weight excluding hydrogens is 272 g/mol. The van der Waals surface area contributed by atoms with Crippen LogP contribution in [0.15, 0.2) is 30.3 Å². The number of benzene rings is 1. The van der Waals surface area contributed by atoms with Crippen molar-refractivity contribution in [3.63, 3.8) is 0 Å². The van der Waals surface area contributed by atoms with Crippen LogP contribution < -0.4 is 10.8 Å². The summed E-state index contributed by atoms with van der Waals surface area (Å²) < 4.78 is 5.16. The van der Waals surface area contributed by atoms with Gasteiger partial charge in [-0.1, -0.05) is 30.3 Å². The summed E-state index contributed by atoms with van der Waals surface area (Å²) in [5.41, 5.74) is 2.52. The minimum absolute atomic E-state index is 0.343. The Labute approximate surface area is 124 Å². The Bertz CT molecular complexity index is 468. The van der Waals surface area contributed by atoms with Gasteiger partial charge in [0.05, 0.1) is 7.11 Å². The van der Waals surface area contributed by atoms with Crippen LogP contribution in [0.4, 0.5) is 4.79 Å². The molecule has 0 saturated heterocycles. The van der Waals surface area contributed by atoms with Gasteiger partial charge in [-0.2, -0.15) is 0 Å². The highest BCUT2D eigenvalue weighted by atomic mass is 16.6. The molecule has 0 fully saturated rings. The maximum Gasteiger partial charge on any atom is 0.408 e. The van der Waals surface area contributed by atoms with Crippen LogP contribution in [0, 0.1) is 0 Å². The third-order valence-electron chi connectivity index (χ3n) is 2.49. The number of ether oxygens (including phenoxy) is 1. The molecular formula is C15H22N2O4. The fraction of sp³-hybridized carbons (Fsp3) is 0.467. The van der Waals surface area contributed by atoms with Crippen LogP contribution in [0.2, 0.25) is 0 Å². The zero-order valence-electron chi connectivity index (χ0n) is 12.8. The van der Waals surface area contributed by atoms with Gasteiger partial charge in [0.15, 0.2) is 0 Å². The molecule has 2 amide bonds. The summed E-state index contributed by atoms with van der Waals surface area (Å²) in [4.78, 5) is 28.4. The second-order valence-corrected chi connectivity index (χ2v) is 5.56. The first-order chi connectivity index (χ1) is 9.81. The van der Waals surface area contributed by atoms with Crippen LogP contribution in [-0.2, 0) is 20.8 Å². The summed E-state index contributed by atoms with van der Waals surface area (Å²) in [5, 5.41) is 2.55. The summed E-state index contributed by atoms with van der Waals surface area (Å²) in [6.45, 7) is 5.27. The number of nitrogens with one attached hydrogen (secondary N) is 2. The van der Waals surface area contributed by atoms with E-state index in [1.54, 1.807) is 20.8 Å². The van der Waals surface area contributed by atoms with Crippen LogP contribution in [0.3, 0.4) is 0 Å². The van der Waals surface area contributed by atoms with Crippen molar-refractivity contribution in [2.45, 2.75) is 38.8 Å². The van der Waals surface area contributed by atoms with Gasteiger partial charge in [0, 0.05) is 6.42 Å². The predicted octanol–water partition coefficient (Wildman–Crippen LogP) is 1.80. The number of carbonyl (C=O) groups excluding carboxylic acids is 2. The average Bonchev–Trinajstić information content (AvgIpc) is 2.37. The monoisotopic (exact) mass is 294 g/mol. The lowest BCUT2D eigenvalue weighted by Crippen LogP contribution is -2.49. The summed E-state index contributed by atoms with van der Waals surface area (Å²) in [6.07, 6.45) is -0.301. The number of hydroxylamine groups is 1. The van der Waals surface area contributed by atoms with E-state index in [0.717, 1.165) is 5.56 Å². The number of amides is 2. The quantitative estimate of drug-likeness (QED) is 0.812. The molecule has 2 N–H and O–H groups in total. The second-order valence-electron chi connectivity index (χ2n) is 5.56. The van der Waals surface area contributed by atoms with Gasteiger partial charge in [-0.05, 0) is 26.3 Å². The Morgan fingerprint density at radius 2 is 1.81 bits per heavy atom. The molecule has 0 aromatic heterocycles. The molecule has 1 rings (SSSR count). The summed E-state index contributed by atoms with van der Waals surface area (Å²) >= 11 is 0. The molecule has 0 aliphatic heterocycles. The molecule has 0 radical (unpaired) electrons. The number of hydrogen-bond acceptors (Lipinski definition) is 4. The van der Waals surface area contributed by atoms with E-state index in [0.29, 0.717) is 6.42 Å². The van der Waals surface area contributed by atoms with Crippen molar-refractivity contribution in [2.24, 2.45) is 0 Å². The number of rotatable bonds is 5. The highest BCUT2D eigenvalue weighted by Crippen LogP contribution is 2.08. The first-order valence-electron chi connectivity index (χ1n) is 6.68. The average molecular weight is 294 g/mol. The van der Waals surface area contributed by atoms with Gasteiger partial charge in [0.1, 0.15) is 11.6 Å². The maximum absolute atomic E-state index is 11.9. The molecule has 1 aromatic carbocycles. The Kier molecular flexibility index (Phi) is 6.17. The smallest absolute Gasteiger partial charge is 0.408 e. The fourth-order valence-corrected chi connectivity index (χ4v) is 1.68. The minimum atomic E-state index is -0.776. The standard InChI is InChI=1S/C15H22N2O4/c1-15(2,3)21-14(19)16-12(13(18)17-20-4)10-11-8-6-5-7-9-11/h5-9,12H,10H2,1-4H3,(H,16,19)(H,17,18). The van der Waals surface area contributed by atoms with E-state index < -0.39 is 23.6 Å². The van der Waals surface area contributed by atoms with Gasteiger partial charge in [0.2, 0.25) is 0 Å². The molecule has 0 bridgehead atoms. The first-order valence-corrected chi connectivity index (χ1v) is 6.68. The second kappa shape index (κ2) is 7.64. The van der Waals surface area contributed by atoms with Crippen molar-refractivity contribution in [3.8, 4) is 0 Å². The SMILES string of the molecule is CONC(=O)C(Cc1ccccc1)NC(=O)OC(C)(C)C. The summed E-state index contributed by atoms with van der Waals surface area (Å²) in [6, 6.07) is 8.60. The highest BCUT2D eigenvalue weighted by Gasteiger charge is 2.24. The minimum Gasteiger partial charge on any atom is -0.444 e. The molecule has 0 aliphatic carbocycles. The molecule has 1 aromatic rings. The molecule has 0 saturated carbocycles. The lowest BCUT2D eigenvalue weighted by Gasteiger charge is -2.23. The first kappa shape index (κ1) is 17.0. The van der Waals surface area contributed by atoms with Crippen LogP contribution >= 0.6 is 0 Å². The predicted molar refractivity (Wildman–Crippen MR) is 78.5 cm³/mol. The number of hydrogen-bond donors (Lipinski definition) is 2. The molecule has 0 aliphatic rings. The molecule has 21 heavy (non-hydrogen) atoms. The van der Waals surface area contributed by atoms with Crippen molar-refractivity contribution in [1.82, 2.24) is 10.8 Å². The van der Waals surface area contributed by atoms with E-state index in [4.69, 9.17) is 4.74 Å². The summed E-state index contributed by atoms with van der Waals surface area (Å²) in [5.74, 6) is -0.438. The van der Waals surface area contributed by atoms with Crippen LogP contribution in [-0.4, -0.2) is 30.8 Å². The van der Waals surface area contributed by atoms with Crippen LogP contribution in [0.25, 0.3) is 0 Å². The van der Waals surface area contributed by atoms with E-state index in [2.05, 4.69) is 15.6 Å². The highest BCUT2D eigenvalue weighted by molar-refractivity contribution is 5.85. The van der Waals surface area contributed by atoms with Crippen LogP contribution in [0.5, 0.6) is 0 Å². The summed E-state index contributed by atoms with van der Waals surface area (Å²) in [7, 11) is 1.34. The maximum atomic E-state index is 11.9. The zero-order chi connectivity index (χ0) is 15.9. The normalized spacial score (nSPS) is 12.4. The number of alkyl carbamates (subject to hydrolysis) is 1. The zero-order valence-corrected chi connectivity index (χ0v) is 12.8. The van der Waals surface area contributed by atoms with E-state index in [1.165, 1.54) is 7.11 Å².